The minimum absolute atomic E-state index is 0.243. The molecule has 0 bridgehead atoms. The van der Waals surface area contributed by atoms with Gasteiger partial charge in [-0.3, -0.25) is 9.78 Å². The van der Waals surface area contributed by atoms with E-state index in [9.17, 15) is 4.79 Å². The summed E-state index contributed by atoms with van der Waals surface area (Å²) in [5, 5.41) is 4.82. The number of aromatic amines is 1. The number of nitrogens with zero attached hydrogens (tertiary/aromatic N) is 2. The highest BCUT2D eigenvalue weighted by Gasteiger charge is 2.10. The molecule has 5 nitrogen and oxygen atoms in total. The number of para-hydroxylation sites is 1. The number of benzene rings is 1. The SMILES string of the molecule is O=C(N/N=C\c1ccncc1)c1c[nH]c2ccccc12. The summed E-state index contributed by atoms with van der Waals surface area (Å²) in [5.74, 6) is -0.243. The standard InChI is InChI=1S/C15H12N4O/c20-15(19-18-9-11-5-7-16-8-6-11)13-10-17-14-4-2-1-3-12(13)14/h1-10,17H,(H,19,20)/b18-9-. The number of H-pyrrole nitrogens is 1. The Bertz CT molecular complexity index is 762. The molecule has 3 aromatic rings. The van der Waals surface area contributed by atoms with E-state index in [0.29, 0.717) is 5.56 Å². The first kappa shape index (κ1) is 12.1. The lowest BCUT2D eigenvalue weighted by Gasteiger charge is -1.97. The van der Waals surface area contributed by atoms with Gasteiger partial charge in [-0.2, -0.15) is 5.10 Å². The van der Waals surface area contributed by atoms with Crippen LogP contribution in [0.1, 0.15) is 15.9 Å². The van der Waals surface area contributed by atoms with E-state index in [2.05, 4.69) is 20.5 Å². The number of fused-ring (bicyclic) bond motifs is 1. The van der Waals surface area contributed by atoms with Crippen LogP contribution < -0.4 is 5.43 Å². The van der Waals surface area contributed by atoms with Gasteiger partial charge in [0.2, 0.25) is 0 Å². The van der Waals surface area contributed by atoms with Gasteiger partial charge in [-0.25, -0.2) is 5.43 Å². The van der Waals surface area contributed by atoms with Gasteiger partial charge in [-0.05, 0) is 23.8 Å². The molecule has 1 amide bonds. The minimum Gasteiger partial charge on any atom is -0.360 e. The summed E-state index contributed by atoms with van der Waals surface area (Å²) in [6.07, 6.45) is 6.60. The summed E-state index contributed by atoms with van der Waals surface area (Å²) in [6, 6.07) is 11.2. The highest BCUT2D eigenvalue weighted by Crippen LogP contribution is 2.17. The molecule has 0 fully saturated rings. The Morgan fingerprint density at radius 3 is 2.85 bits per heavy atom. The Kier molecular flexibility index (Phi) is 3.24. The number of aromatic nitrogens is 2. The van der Waals surface area contributed by atoms with E-state index in [1.54, 1.807) is 36.9 Å². The molecule has 2 aromatic heterocycles. The maximum absolute atomic E-state index is 12.1. The van der Waals surface area contributed by atoms with E-state index in [4.69, 9.17) is 0 Å². The Balaban J connectivity index is 1.75. The summed E-state index contributed by atoms with van der Waals surface area (Å²) in [4.78, 5) is 19.0. The van der Waals surface area contributed by atoms with Crippen LogP contribution in [0.25, 0.3) is 10.9 Å². The number of carbonyl (C=O) groups excluding carboxylic acids is 1. The normalized spacial score (nSPS) is 11.0. The average molecular weight is 264 g/mol. The highest BCUT2D eigenvalue weighted by molar-refractivity contribution is 6.06. The van der Waals surface area contributed by atoms with Gasteiger partial charge in [-0.1, -0.05) is 18.2 Å². The lowest BCUT2D eigenvalue weighted by molar-refractivity contribution is 0.0957. The topological polar surface area (TPSA) is 70.1 Å². The zero-order valence-electron chi connectivity index (χ0n) is 10.6. The maximum atomic E-state index is 12.1. The largest absolute Gasteiger partial charge is 0.360 e. The van der Waals surface area contributed by atoms with Crippen LogP contribution in [0, 0.1) is 0 Å². The molecule has 0 radical (unpaired) electrons. The molecule has 0 aliphatic heterocycles. The number of amides is 1. The highest BCUT2D eigenvalue weighted by atomic mass is 16.2. The van der Waals surface area contributed by atoms with Crippen molar-refractivity contribution >= 4 is 23.0 Å². The summed E-state index contributed by atoms with van der Waals surface area (Å²) in [7, 11) is 0. The van der Waals surface area contributed by atoms with Gasteiger partial charge in [-0.15, -0.1) is 0 Å². The van der Waals surface area contributed by atoms with Crippen LogP contribution in [0.15, 0.2) is 60.1 Å². The van der Waals surface area contributed by atoms with Crippen LogP contribution in [-0.4, -0.2) is 22.1 Å². The van der Waals surface area contributed by atoms with Gasteiger partial charge in [0.05, 0.1) is 11.8 Å². The average Bonchev–Trinajstić information content (AvgIpc) is 2.92. The maximum Gasteiger partial charge on any atom is 0.273 e. The molecule has 0 saturated carbocycles. The Morgan fingerprint density at radius 1 is 1.20 bits per heavy atom. The molecule has 0 saturated heterocycles. The lowest BCUT2D eigenvalue weighted by Crippen LogP contribution is -2.17. The van der Waals surface area contributed by atoms with Crippen molar-refractivity contribution in [2.75, 3.05) is 0 Å². The van der Waals surface area contributed by atoms with Crippen molar-refractivity contribution in [3.63, 3.8) is 0 Å². The first-order chi connectivity index (χ1) is 9.84. The Morgan fingerprint density at radius 2 is 2.00 bits per heavy atom. The summed E-state index contributed by atoms with van der Waals surface area (Å²) in [6.45, 7) is 0. The number of pyridine rings is 1. The van der Waals surface area contributed by atoms with Gasteiger partial charge >= 0.3 is 0 Å². The number of carbonyl (C=O) groups is 1. The van der Waals surface area contributed by atoms with Crippen LogP contribution in [0.5, 0.6) is 0 Å². The molecule has 98 valence electrons. The van der Waals surface area contributed by atoms with Crippen molar-refractivity contribution < 1.29 is 4.79 Å². The molecule has 2 N–H and O–H groups in total. The molecular formula is C15H12N4O. The van der Waals surface area contributed by atoms with Crippen LogP contribution in [0.4, 0.5) is 0 Å². The van der Waals surface area contributed by atoms with E-state index >= 15 is 0 Å². The first-order valence-corrected chi connectivity index (χ1v) is 6.14. The summed E-state index contributed by atoms with van der Waals surface area (Å²) >= 11 is 0. The number of hydrogen-bond acceptors (Lipinski definition) is 3. The fraction of sp³-hybridized carbons (Fsp3) is 0. The number of rotatable bonds is 3. The predicted octanol–water partition coefficient (Wildman–Crippen LogP) is 2.33. The minimum atomic E-state index is -0.243. The van der Waals surface area contributed by atoms with Crippen molar-refractivity contribution in [1.82, 2.24) is 15.4 Å². The third-order valence-corrected chi connectivity index (χ3v) is 2.92. The van der Waals surface area contributed by atoms with Crippen molar-refractivity contribution in [2.45, 2.75) is 0 Å². The predicted molar refractivity (Wildman–Crippen MR) is 77.6 cm³/mol. The van der Waals surface area contributed by atoms with E-state index in [1.807, 2.05) is 24.3 Å². The third kappa shape index (κ3) is 2.42. The molecular weight excluding hydrogens is 252 g/mol. The van der Waals surface area contributed by atoms with E-state index in [0.717, 1.165) is 16.5 Å². The number of nitrogens with one attached hydrogen (secondary N) is 2. The van der Waals surface area contributed by atoms with Crippen molar-refractivity contribution in [3.8, 4) is 0 Å². The van der Waals surface area contributed by atoms with E-state index in [-0.39, 0.29) is 5.91 Å². The number of hydrogen-bond donors (Lipinski definition) is 2. The fourth-order valence-corrected chi connectivity index (χ4v) is 1.93. The van der Waals surface area contributed by atoms with E-state index in [1.165, 1.54) is 0 Å². The Labute approximate surface area is 115 Å². The second-order valence-electron chi connectivity index (χ2n) is 4.23. The molecule has 2 heterocycles. The van der Waals surface area contributed by atoms with Crippen LogP contribution >= 0.6 is 0 Å². The first-order valence-electron chi connectivity index (χ1n) is 6.14. The lowest BCUT2D eigenvalue weighted by atomic mass is 10.2. The summed E-state index contributed by atoms with van der Waals surface area (Å²) < 4.78 is 0. The molecule has 1 aromatic carbocycles. The van der Waals surface area contributed by atoms with Gasteiger partial charge in [0.25, 0.3) is 5.91 Å². The third-order valence-electron chi connectivity index (χ3n) is 2.92. The van der Waals surface area contributed by atoms with Gasteiger partial charge in [0, 0.05) is 29.5 Å². The molecule has 0 aliphatic rings. The van der Waals surface area contributed by atoms with Crippen LogP contribution in [-0.2, 0) is 0 Å². The molecule has 0 atom stereocenters. The van der Waals surface area contributed by atoms with Crippen molar-refractivity contribution in [3.05, 3.63) is 66.1 Å². The monoisotopic (exact) mass is 264 g/mol. The van der Waals surface area contributed by atoms with Crippen LogP contribution in [0.3, 0.4) is 0 Å². The van der Waals surface area contributed by atoms with Gasteiger partial charge in [0.1, 0.15) is 0 Å². The van der Waals surface area contributed by atoms with Crippen molar-refractivity contribution in [1.29, 1.82) is 0 Å². The smallest absolute Gasteiger partial charge is 0.273 e. The number of hydrazone groups is 1. The second kappa shape index (κ2) is 5.36. The van der Waals surface area contributed by atoms with Crippen LogP contribution in [0.2, 0.25) is 0 Å². The fourth-order valence-electron chi connectivity index (χ4n) is 1.93. The molecule has 0 spiro atoms. The van der Waals surface area contributed by atoms with Gasteiger partial charge in [0.15, 0.2) is 0 Å². The molecule has 20 heavy (non-hydrogen) atoms. The van der Waals surface area contributed by atoms with E-state index < -0.39 is 0 Å². The zero-order valence-corrected chi connectivity index (χ0v) is 10.6. The van der Waals surface area contributed by atoms with Crippen molar-refractivity contribution in [2.24, 2.45) is 5.10 Å². The second-order valence-corrected chi connectivity index (χ2v) is 4.23. The molecule has 0 aliphatic carbocycles. The molecule has 5 heteroatoms. The summed E-state index contributed by atoms with van der Waals surface area (Å²) in [5.41, 5.74) is 4.89. The quantitative estimate of drug-likeness (QED) is 0.563. The Hall–Kier alpha value is -2.95. The van der Waals surface area contributed by atoms with Gasteiger partial charge < -0.3 is 4.98 Å². The molecule has 0 unspecified atom stereocenters. The zero-order chi connectivity index (χ0) is 13.8. The molecule has 3 rings (SSSR count).